The number of sulfonamides is 1. The van der Waals surface area contributed by atoms with Crippen molar-refractivity contribution in [1.82, 2.24) is 4.31 Å². The third-order valence-corrected chi connectivity index (χ3v) is 4.50. The summed E-state index contributed by atoms with van der Waals surface area (Å²) in [6, 6.07) is 6.67. The van der Waals surface area contributed by atoms with Crippen LogP contribution in [0.2, 0.25) is 0 Å². The second kappa shape index (κ2) is 5.97. The van der Waals surface area contributed by atoms with Gasteiger partial charge < -0.3 is 5.73 Å². The second-order valence-electron chi connectivity index (χ2n) is 4.21. The molecule has 0 saturated heterocycles. The van der Waals surface area contributed by atoms with Gasteiger partial charge >= 0.3 is 0 Å². The van der Waals surface area contributed by atoms with Crippen molar-refractivity contribution in [3.05, 3.63) is 29.8 Å². The molecular weight excluding hydrogens is 252 g/mol. The van der Waals surface area contributed by atoms with Crippen molar-refractivity contribution in [3.63, 3.8) is 0 Å². The van der Waals surface area contributed by atoms with E-state index in [4.69, 9.17) is 5.73 Å². The van der Waals surface area contributed by atoms with Crippen LogP contribution in [0.3, 0.4) is 0 Å². The number of amides is 1. The van der Waals surface area contributed by atoms with E-state index in [2.05, 4.69) is 0 Å². The quantitative estimate of drug-likeness (QED) is 0.833. The highest BCUT2D eigenvalue weighted by molar-refractivity contribution is 7.89. The summed E-state index contributed by atoms with van der Waals surface area (Å²) in [4.78, 5) is 10.9. The van der Waals surface area contributed by atoms with Crippen molar-refractivity contribution >= 4 is 15.9 Å². The molecule has 2 N–H and O–H groups in total. The Morgan fingerprint density at radius 1 is 1.28 bits per heavy atom. The van der Waals surface area contributed by atoms with Gasteiger partial charge in [0.1, 0.15) is 0 Å². The van der Waals surface area contributed by atoms with Crippen LogP contribution in [-0.2, 0) is 14.8 Å². The maximum absolute atomic E-state index is 12.1. The summed E-state index contributed by atoms with van der Waals surface area (Å²) < 4.78 is 25.5. The Bertz CT molecular complexity index is 509. The van der Waals surface area contributed by atoms with E-state index >= 15 is 0 Å². The Morgan fingerprint density at radius 2 is 1.83 bits per heavy atom. The molecule has 0 unspecified atom stereocenters. The van der Waals surface area contributed by atoms with Crippen LogP contribution >= 0.6 is 0 Å². The molecule has 0 spiro atoms. The molecule has 1 amide bonds. The van der Waals surface area contributed by atoms with Crippen molar-refractivity contribution in [3.8, 4) is 0 Å². The highest BCUT2D eigenvalue weighted by atomic mass is 32.2. The fraction of sp³-hybridized carbons (Fsp3) is 0.417. The van der Waals surface area contributed by atoms with E-state index in [-0.39, 0.29) is 17.9 Å². The molecule has 1 aromatic carbocycles. The zero-order chi connectivity index (χ0) is 13.8. The molecule has 0 saturated carbocycles. The van der Waals surface area contributed by atoms with Crippen molar-refractivity contribution in [2.75, 3.05) is 13.6 Å². The zero-order valence-corrected chi connectivity index (χ0v) is 11.4. The van der Waals surface area contributed by atoms with Crippen molar-refractivity contribution in [2.45, 2.75) is 24.7 Å². The van der Waals surface area contributed by atoms with Gasteiger partial charge in [0, 0.05) is 20.0 Å². The Morgan fingerprint density at radius 3 is 2.33 bits per heavy atom. The lowest BCUT2D eigenvalue weighted by atomic mass is 10.2. The van der Waals surface area contributed by atoms with Gasteiger partial charge in [0.15, 0.2) is 0 Å². The van der Waals surface area contributed by atoms with E-state index in [0.29, 0.717) is 6.42 Å². The van der Waals surface area contributed by atoms with Crippen LogP contribution in [0.4, 0.5) is 0 Å². The van der Waals surface area contributed by atoms with Crippen LogP contribution in [0.1, 0.15) is 18.4 Å². The first kappa shape index (κ1) is 14.7. The fourth-order valence-corrected chi connectivity index (χ4v) is 2.70. The maximum atomic E-state index is 12.1. The lowest BCUT2D eigenvalue weighted by Gasteiger charge is -2.16. The van der Waals surface area contributed by atoms with Crippen LogP contribution in [0.25, 0.3) is 0 Å². The van der Waals surface area contributed by atoms with Gasteiger partial charge in [-0.2, -0.15) is 0 Å². The van der Waals surface area contributed by atoms with Crippen LogP contribution in [-0.4, -0.2) is 32.2 Å². The molecule has 0 aromatic heterocycles. The van der Waals surface area contributed by atoms with Crippen LogP contribution in [0.5, 0.6) is 0 Å². The highest BCUT2D eigenvalue weighted by Gasteiger charge is 2.19. The molecule has 0 aliphatic carbocycles. The number of benzene rings is 1. The molecule has 1 aromatic rings. The molecule has 1 rings (SSSR count). The molecule has 0 aliphatic rings. The summed E-state index contributed by atoms with van der Waals surface area (Å²) in [5, 5.41) is 0. The molecule has 0 heterocycles. The largest absolute Gasteiger partial charge is 0.370 e. The molecule has 0 aliphatic heterocycles. The van der Waals surface area contributed by atoms with Gasteiger partial charge in [-0.25, -0.2) is 12.7 Å². The van der Waals surface area contributed by atoms with Gasteiger partial charge in [0.05, 0.1) is 4.90 Å². The number of primary amides is 1. The van der Waals surface area contributed by atoms with Gasteiger partial charge in [0.25, 0.3) is 0 Å². The summed E-state index contributed by atoms with van der Waals surface area (Å²) in [5.74, 6) is -0.420. The van der Waals surface area contributed by atoms with Gasteiger partial charge in [-0.1, -0.05) is 17.7 Å². The zero-order valence-electron chi connectivity index (χ0n) is 10.6. The lowest BCUT2D eigenvalue weighted by molar-refractivity contribution is -0.118. The second-order valence-corrected chi connectivity index (χ2v) is 6.25. The van der Waals surface area contributed by atoms with Crippen molar-refractivity contribution < 1.29 is 13.2 Å². The Balaban J connectivity index is 2.73. The average molecular weight is 270 g/mol. The minimum Gasteiger partial charge on any atom is -0.370 e. The number of rotatable bonds is 6. The molecule has 0 fully saturated rings. The number of aryl methyl sites for hydroxylation is 1. The maximum Gasteiger partial charge on any atom is 0.242 e. The van der Waals surface area contributed by atoms with E-state index in [1.54, 1.807) is 24.3 Å². The predicted octanol–water partition coefficient (Wildman–Crippen LogP) is 0.881. The summed E-state index contributed by atoms with van der Waals surface area (Å²) in [6.07, 6.45) is 0.616. The van der Waals surface area contributed by atoms with Gasteiger partial charge in [-0.15, -0.1) is 0 Å². The van der Waals surface area contributed by atoms with E-state index in [9.17, 15) is 13.2 Å². The van der Waals surface area contributed by atoms with E-state index < -0.39 is 15.9 Å². The van der Waals surface area contributed by atoms with E-state index in [1.807, 2.05) is 6.92 Å². The minimum atomic E-state index is -3.47. The SMILES string of the molecule is Cc1ccc(S(=O)(=O)N(C)CCCC(N)=O)cc1. The van der Waals surface area contributed by atoms with Crippen molar-refractivity contribution in [1.29, 1.82) is 0 Å². The van der Waals surface area contributed by atoms with Gasteiger partial charge in [-0.3, -0.25) is 4.79 Å². The summed E-state index contributed by atoms with van der Waals surface area (Å²) in [7, 11) is -1.98. The minimum absolute atomic E-state index is 0.188. The average Bonchev–Trinajstić information content (AvgIpc) is 2.28. The number of hydrogen-bond acceptors (Lipinski definition) is 3. The molecule has 18 heavy (non-hydrogen) atoms. The number of carbonyl (C=O) groups is 1. The number of carbonyl (C=O) groups excluding carboxylic acids is 1. The first-order valence-corrected chi connectivity index (χ1v) is 7.09. The number of nitrogens with zero attached hydrogens (tertiary/aromatic N) is 1. The first-order chi connectivity index (χ1) is 8.34. The monoisotopic (exact) mass is 270 g/mol. The third-order valence-electron chi connectivity index (χ3n) is 2.63. The van der Waals surface area contributed by atoms with Crippen LogP contribution in [0, 0.1) is 6.92 Å². The van der Waals surface area contributed by atoms with Crippen molar-refractivity contribution in [2.24, 2.45) is 5.73 Å². The van der Waals surface area contributed by atoms with Gasteiger partial charge in [0.2, 0.25) is 15.9 Å². The lowest BCUT2D eigenvalue weighted by Crippen LogP contribution is -2.28. The van der Waals surface area contributed by atoms with Crippen LogP contribution in [0.15, 0.2) is 29.2 Å². The molecule has 6 heteroatoms. The highest BCUT2D eigenvalue weighted by Crippen LogP contribution is 2.15. The normalized spacial score (nSPS) is 11.7. The Hall–Kier alpha value is -1.40. The molecule has 100 valence electrons. The number of hydrogen-bond donors (Lipinski definition) is 1. The molecular formula is C12H18N2O3S. The smallest absolute Gasteiger partial charge is 0.242 e. The number of nitrogens with two attached hydrogens (primary N) is 1. The Labute approximate surface area is 108 Å². The van der Waals surface area contributed by atoms with E-state index in [0.717, 1.165) is 5.56 Å². The Kier molecular flexibility index (Phi) is 4.86. The topological polar surface area (TPSA) is 80.5 Å². The predicted molar refractivity (Wildman–Crippen MR) is 69.4 cm³/mol. The summed E-state index contributed by atoms with van der Waals surface area (Å²) in [5.41, 5.74) is 6.01. The standard InChI is InChI=1S/C12H18N2O3S/c1-10-5-7-11(8-6-10)18(16,17)14(2)9-3-4-12(13)15/h5-8H,3-4,9H2,1-2H3,(H2,13,15). The third kappa shape index (κ3) is 3.82. The van der Waals surface area contributed by atoms with Gasteiger partial charge in [-0.05, 0) is 25.5 Å². The summed E-state index contributed by atoms with van der Waals surface area (Å²) in [6.45, 7) is 2.17. The first-order valence-electron chi connectivity index (χ1n) is 5.65. The van der Waals surface area contributed by atoms with Crippen LogP contribution < -0.4 is 5.73 Å². The molecule has 5 nitrogen and oxygen atoms in total. The summed E-state index contributed by atoms with van der Waals surface area (Å²) >= 11 is 0. The van der Waals surface area contributed by atoms with E-state index in [1.165, 1.54) is 11.4 Å². The molecule has 0 atom stereocenters. The molecule has 0 bridgehead atoms. The fourth-order valence-electron chi connectivity index (χ4n) is 1.49. The molecule has 0 radical (unpaired) electrons.